The molecule has 8 atom stereocenters. The lowest BCUT2D eigenvalue weighted by molar-refractivity contribution is -0.314. The molecule has 0 radical (unpaired) electrons. The van der Waals surface area contributed by atoms with E-state index in [0.29, 0.717) is 25.0 Å². The fraction of sp³-hybridized carbons (Fsp3) is 0.697. The monoisotopic (exact) mass is 598 g/mol. The number of esters is 2. The minimum Gasteiger partial charge on any atom is -0.458 e. The quantitative estimate of drug-likeness (QED) is 0.254. The first kappa shape index (κ1) is 31.6. The summed E-state index contributed by atoms with van der Waals surface area (Å²) in [6, 6.07) is 1.61. The van der Waals surface area contributed by atoms with Crippen LogP contribution in [-0.4, -0.2) is 71.8 Å². The molecule has 0 saturated heterocycles. The van der Waals surface area contributed by atoms with Gasteiger partial charge in [0.1, 0.15) is 34.7 Å². The van der Waals surface area contributed by atoms with Crippen molar-refractivity contribution in [2.75, 3.05) is 0 Å². The number of carbonyl (C=O) groups is 3. The molecule has 43 heavy (non-hydrogen) atoms. The fourth-order valence-corrected chi connectivity index (χ4v) is 8.77. The largest absolute Gasteiger partial charge is 0.458 e. The highest BCUT2D eigenvalue weighted by Crippen LogP contribution is 2.71. The molecule has 10 heteroatoms. The molecule has 3 saturated carbocycles. The number of nitrogens with zero attached hydrogens (tertiary/aromatic N) is 2. The molecule has 0 aliphatic heterocycles. The Morgan fingerprint density at radius 1 is 1.09 bits per heavy atom. The Hall–Kier alpha value is -2.82. The van der Waals surface area contributed by atoms with Crippen LogP contribution in [-0.2, 0) is 26.1 Å². The van der Waals surface area contributed by atoms with Crippen LogP contribution in [0.15, 0.2) is 35.6 Å². The van der Waals surface area contributed by atoms with Crippen LogP contribution in [0, 0.1) is 22.7 Å². The molecule has 0 amide bonds. The number of Topliss-reactive ketones (excluding diaryl/α,β-unsaturated/α-hetero) is 1. The standard InChI is InChI=1S/C33H46N2O8/c1-19(2)20(3)16-27(37)43-26-18-25-29(5)11-9-23(42-28(38)24-10-15-34-35(24)7)17-22(29)8-12-32(25,40)33(41)14-13-31(39,21(4)36)30(26,33)6/h8,10,15-16,19,23,25-26,39-41H,9,11-14,17-18H2,1-7H3/b20-16+/t23-,25?,26+,29-,30+,31+,32-,33+/m0/s1. The van der Waals surface area contributed by atoms with Gasteiger partial charge in [0.2, 0.25) is 0 Å². The molecule has 1 aromatic heterocycles. The highest BCUT2D eigenvalue weighted by Gasteiger charge is 2.81. The molecule has 4 aliphatic rings. The van der Waals surface area contributed by atoms with Crippen LogP contribution < -0.4 is 0 Å². The van der Waals surface area contributed by atoms with E-state index in [9.17, 15) is 29.7 Å². The van der Waals surface area contributed by atoms with Gasteiger partial charge in [0.15, 0.2) is 5.78 Å². The smallest absolute Gasteiger partial charge is 0.356 e. The van der Waals surface area contributed by atoms with E-state index >= 15 is 0 Å². The first-order valence-electron chi connectivity index (χ1n) is 15.4. The van der Waals surface area contributed by atoms with Crippen LogP contribution >= 0.6 is 0 Å². The van der Waals surface area contributed by atoms with Crippen LogP contribution in [0.1, 0.15) is 97.0 Å². The SMILES string of the molecule is CC(=O)[C@]1(O)CC[C@@]2(O)[C@]1(C)[C@H](OC(=O)/C=C(\C)C(C)C)CC1[C@@]3(C)CC[C@H](OC(=O)c4ccnn4C)CC3=CC[C@]12O. The van der Waals surface area contributed by atoms with E-state index in [2.05, 4.69) is 5.10 Å². The number of ketones is 1. The van der Waals surface area contributed by atoms with Gasteiger partial charge in [-0.3, -0.25) is 9.48 Å². The highest BCUT2D eigenvalue weighted by molar-refractivity contribution is 5.88. The summed E-state index contributed by atoms with van der Waals surface area (Å²) in [5.74, 6) is -2.02. The molecule has 5 rings (SSSR count). The number of allylic oxidation sites excluding steroid dienone is 1. The predicted molar refractivity (Wildman–Crippen MR) is 157 cm³/mol. The van der Waals surface area contributed by atoms with E-state index in [4.69, 9.17) is 9.47 Å². The lowest BCUT2D eigenvalue weighted by atomic mass is 9.42. The normalized spacial score (nSPS) is 40.7. The molecule has 3 fully saturated rings. The summed E-state index contributed by atoms with van der Waals surface area (Å²) < 4.78 is 13.4. The topological polar surface area (TPSA) is 148 Å². The van der Waals surface area contributed by atoms with Gasteiger partial charge in [0.25, 0.3) is 0 Å². The molecular formula is C33H46N2O8. The van der Waals surface area contributed by atoms with Crippen molar-refractivity contribution in [3.63, 3.8) is 0 Å². The third-order valence-electron chi connectivity index (χ3n) is 11.9. The zero-order valence-electron chi connectivity index (χ0n) is 26.3. The molecule has 10 nitrogen and oxygen atoms in total. The van der Waals surface area contributed by atoms with E-state index in [1.165, 1.54) is 17.7 Å². The summed E-state index contributed by atoms with van der Waals surface area (Å²) in [6.45, 7) is 10.7. The third-order valence-corrected chi connectivity index (χ3v) is 11.9. The molecule has 1 unspecified atom stereocenters. The minimum absolute atomic E-state index is 0.0221. The van der Waals surface area contributed by atoms with E-state index in [-0.39, 0.29) is 37.7 Å². The van der Waals surface area contributed by atoms with E-state index in [1.54, 1.807) is 26.2 Å². The molecule has 236 valence electrons. The minimum atomic E-state index is -1.99. The van der Waals surface area contributed by atoms with Crippen LogP contribution in [0.4, 0.5) is 0 Å². The van der Waals surface area contributed by atoms with Gasteiger partial charge in [-0.2, -0.15) is 5.10 Å². The number of hydrogen-bond donors (Lipinski definition) is 3. The van der Waals surface area contributed by atoms with Crippen molar-refractivity contribution in [1.82, 2.24) is 9.78 Å². The van der Waals surface area contributed by atoms with Crippen molar-refractivity contribution in [2.24, 2.45) is 29.7 Å². The molecule has 3 N–H and O–H groups in total. The summed E-state index contributed by atoms with van der Waals surface area (Å²) >= 11 is 0. The molecule has 1 aromatic rings. The van der Waals surface area contributed by atoms with Crippen molar-refractivity contribution in [3.8, 4) is 0 Å². The number of fused-ring (bicyclic) bond motifs is 5. The Bertz CT molecular complexity index is 1400. The summed E-state index contributed by atoms with van der Waals surface area (Å²) in [5.41, 5.74) is -5.66. The van der Waals surface area contributed by atoms with Gasteiger partial charge < -0.3 is 24.8 Å². The molecule has 0 bridgehead atoms. The van der Waals surface area contributed by atoms with Gasteiger partial charge in [0, 0.05) is 31.7 Å². The lowest BCUT2D eigenvalue weighted by Gasteiger charge is -2.67. The molecule has 1 heterocycles. The van der Waals surface area contributed by atoms with E-state index < -0.39 is 57.4 Å². The second kappa shape index (κ2) is 10.4. The summed E-state index contributed by atoms with van der Waals surface area (Å²) in [4.78, 5) is 39.1. The highest BCUT2D eigenvalue weighted by atomic mass is 16.6. The second-order valence-corrected chi connectivity index (χ2v) is 14.1. The number of aromatic nitrogens is 2. The lowest BCUT2D eigenvalue weighted by Crippen LogP contribution is -2.78. The van der Waals surface area contributed by atoms with Gasteiger partial charge in [-0.25, -0.2) is 9.59 Å². The van der Waals surface area contributed by atoms with Crippen LogP contribution in [0.25, 0.3) is 0 Å². The summed E-state index contributed by atoms with van der Waals surface area (Å²) in [7, 11) is 1.68. The van der Waals surface area contributed by atoms with Crippen molar-refractivity contribution in [2.45, 2.75) is 115 Å². The molecule has 4 aliphatic carbocycles. The first-order chi connectivity index (χ1) is 19.9. The molecular weight excluding hydrogens is 552 g/mol. The van der Waals surface area contributed by atoms with Gasteiger partial charge in [-0.1, -0.05) is 38.0 Å². The maximum atomic E-state index is 13.2. The maximum absolute atomic E-state index is 13.2. The van der Waals surface area contributed by atoms with Gasteiger partial charge >= 0.3 is 11.9 Å². The van der Waals surface area contributed by atoms with Crippen molar-refractivity contribution in [3.05, 3.63) is 41.3 Å². The van der Waals surface area contributed by atoms with Crippen molar-refractivity contribution < 1.29 is 39.2 Å². The Morgan fingerprint density at radius 3 is 2.40 bits per heavy atom. The Kier molecular flexibility index (Phi) is 7.63. The zero-order valence-corrected chi connectivity index (χ0v) is 26.3. The van der Waals surface area contributed by atoms with E-state index in [0.717, 1.165) is 11.1 Å². The average Bonchev–Trinajstić information content (AvgIpc) is 3.46. The number of aliphatic hydroxyl groups is 3. The summed E-state index contributed by atoms with van der Waals surface area (Å²) in [6.07, 6.45) is 5.23. The molecule has 0 spiro atoms. The number of carbonyl (C=O) groups excluding carboxylic acids is 3. The van der Waals surface area contributed by atoms with Gasteiger partial charge in [-0.05, 0) is 76.7 Å². The van der Waals surface area contributed by atoms with Crippen LogP contribution in [0.5, 0.6) is 0 Å². The van der Waals surface area contributed by atoms with Crippen molar-refractivity contribution in [1.29, 1.82) is 0 Å². The predicted octanol–water partition coefficient (Wildman–Crippen LogP) is 3.58. The zero-order chi connectivity index (χ0) is 31.8. The third kappa shape index (κ3) is 4.38. The maximum Gasteiger partial charge on any atom is 0.356 e. The first-order valence-corrected chi connectivity index (χ1v) is 15.4. The number of rotatable bonds is 6. The summed E-state index contributed by atoms with van der Waals surface area (Å²) in [5, 5.41) is 41.1. The Morgan fingerprint density at radius 2 is 1.79 bits per heavy atom. The number of ether oxygens (including phenoxy) is 2. The van der Waals surface area contributed by atoms with Gasteiger partial charge in [-0.15, -0.1) is 0 Å². The number of aryl methyl sites for hydroxylation is 1. The van der Waals surface area contributed by atoms with E-state index in [1.807, 2.05) is 33.8 Å². The average molecular weight is 599 g/mol. The fourth-order valence-electron chi connectivity index (χ4n) is 8.77. The Balaban J connectivity index is 1.51. The molecule has 0 aromatic carbocycles. The van der Waals surface area contributed by atoms with Crippen molar-refractivity contribution >= 4 is 17.7 Å². The Labute approximate surface area is 253 Å². The second-order valence-electron chi connectivity index (χ2n) is 14.1. The van der Waals surface area contributed by atoms with Gasteiger partial charge in [0.05, 0.1) is 5.41 Å². The van der Waals surface area contributed by atoms with Crippen LogP contribution in [0.3, 0.4) is 0 Å². The number of hydrogen-bond acceptors (Lipinski definition) is 9. The van der Waals surface area contributed by atoms with Crippen LogP contribution in [0.2, 0.25) is 0 Å².